The van der Waals surface area contributed by atoms with Crippen molar-refractivity contribution in [3.63, 3.8) is 0 Å². The highest BCUT2D eigenvalue weighted by Crippen LogP contribution is 2.23. The predicted octanol–water partition coefficient (Wildman–Crippen LogP) is 3.02. The third kappa shape index (κ3) is 4.93. The van der Waals surface area contributed by atoms with E-state index in [1.54, 1.807) is 29.3 Å². The summed E-state index contributed by atoms with van der Waals surface area (Å²) in [7, 11) is 0. The van der Waals surface area contributed by atoms with Crippen molar-refractivity contribution in [2.45, 2.75) is 19.4 Å². The molecule has 2 amide bonds. The Labute approximate surface area is 155 Å². The monoisotopic (exact) mass is 373 g/mol. The number of carboxylic acids is 1. The molecule has 7 nitrogen and oxygen atoms in total. The number of pyridine rings is 1. The van der Waals surface area contributed by atoms with Crippen LogP contribution in [0.3, 0.4) is 0 Å². The van der Waals surface area contributed by atoms with E-state index in [4.69, 9.17) is 9.84 Å². The maximum atomic E-state index is 13.3. The molecule has 0 aliphatic carbocycles. The second-order valence-electron chi connectivity index (χ2n) is 6.29. The molecule has 27 heavy (non-hydrogen) atoms. The minimum absolute atomic E-state index is 0.191. The van der Waals surface area contributed by atoms with Gasteiger partial charge in [-0.3, -0.25) is 4.79 Å². The number of hydrogen-bond acceptors (Lipinski definition) is 4. The standard InChI is InChI=1S/C19H20FN3O4/c20-15-4-1-5-16(11-15)27-17-14(3-2-8-21-17)12-22-19(26)23-9-6-13(7-10-23)18(24)25/h1-5,8,11,13H,6-7,9-10,12H2,(H,22,26)(H,24,25). The van der Waals surface area contributed by atoms with E-state index in [1.807, 2.05) is 0 Å². The molecule has 142 valence electrons. The second kappa shape index (κ2) is 8.48. The number of carbonyl (C=O) groups excluding carboxylic acids is 1. The van der Waals surface area contributed by atoms with Crippen molar-refractivity contribution in [2.75, 3.05) is 13.1 Å². The van der Waals surface area contributed by atoms with Crippen molar-refractivity contribution in [1.82, 2.24) is 15.2 Å². The lowest BCUT2D eigenvalue weighted by Crippen LogP contribution is -2.45. The topological polar surface area (TPSA) is 91.8 Å². The van der Waals surface area contributed by atoms with Gasteiger partial charge < -0.3 is 20.1 Å². The van der Waals surface area contributed by atoms with Crippen LogP contribution in [0.5, 0.6) is 11.6 Å². The largest absolute Gasteiger partial charge is 0.481 e. The zero-order chi connectivity index (χ0) is 19.2. The zero-order valence-electron chi connectivity index (χ0n) is 14.6. The Morgan fingerprint density at radius 3 is 2.74 bits per heavy atom. The van der Waals surface area contributed by atoms with E-state index in [0.29, 0.717) is 37.2 Å². The van der Waals surface area contributed by atoms with Crippen LogP contribution in [-0.4, -0.2) is 40.1 Å². The molecule has 0 radical (unpaired) electrons. The molecule has 0 saturated carbocycles. The molecule has 1 aromatic carbocycles. The van der Waals surface area contributed by atoms with Crippen LogP contribution in [0.25, 0.3) is 0 Å². The fraction of sp³-hybridized carbons (Fsp3) is 0.316. The Morgan fingerprint density at radius 1 is 1.26 bits per heavy atom. The van der Waals surface area contributed by atoms with Crippen molar-refractivity contribution in [1.29, 1.82) is 0 Å². The Hall–Kier alpha value is -3.16. The van der Waals surface area contributed by atoms with Crippen molar-refractivity contribution < 1.29 is 23.8 Å². The fourth-order valence-corrected chi connectivity index (χ4v) is 2.90. The Morgan fingerprint density at radius 2 is 2.04 bits per heavy atom. The first kappa shape index (κ1) is 18.6. The number of urea groups is 1. The molecule has 1 saturated heterocycles. The Balaban J connectivity index is 1.58. The van der Waals surface area contributed by atoms with Crippen molar-refractivity contribution in [2.24, 2.45) is 5.92 Å². The molecule has 1 fully saturated rings. The normalized spacial score (nSPS) is 14.6. The van der Waals surface area contributed by atoms with E-state index < -0.39 is 17.7 Å². The van der Waals surface area contributed by atoms with Crippen LogP contribution < -0.4 is 10.1 Å². The summed E-state index contributed by atoms with van der Waals surface area (Å²) in [5, 5.41) is 11.8. The molecule has 0 unspecified atom stereocenters. The van der Waals surface area contributed by atoms with Gasteiger partial charge in [-0.15, -0.1) is 0 Å². The molecule has 1 aromatic heterocycles. The van der Waals surface area contributed by atoms with Crippen LogP contribution in [0.2, 0.25) is 0 Å². The molecule has 3 rings (SSSR count). The molecule has 0 spiro atoms. The van der Waals surface area contributed by atoms with Crippen LogP contribution in [0.1, 0.15) is 18.4 Å². The summed E-state index contributed by atoms with van der Waals surface area (Å²) >= 11 is 0. The summed E-state index contributed by atoms with van der Waals surface area (Å²) in [5.74, 6) is -1.02. The van der Waals surface area contributed by atoms with Crippen LogP contribution >= 0.6 is 0 Å². The summed E-state index contributed by atoms with van der Waals surface area (Å²) in [6.07, 6.45) is 2.45. The van der Waals surface area contributed by atoms with Gasteiger partial charge in [-0.1, -0.05) is 12.1 Å². The molecular weight excluding hydrogens is 353 g/mol. The minimum atomic E-state index is -0.815. The zero-order valence-corrected chi connectivity index (χ0v) is 14.6. The first-order valence-electron chi connectivity index (χ1n) is 8.66. The molecule has 2 aromatic rings. The number of rotatable bonds is 5. The number of piperidine rings is 1. The molecule has 1 aliphatic heterocycles. The van der Waals surface area contributed by atoms with Crippen LogP contribution in [0.15, 0.2) is 42.6 Å². The highest BCUT2D eigenvalue weighted by Gasteiger charge is 2.26. The van der Waals surface area contributed by atoms with Gasteiger partial charge in [0, 0.05) is 37.5 Å². The average molecular weight is 373 g/mol. The van der Waals surface area contributed by atoms with Crippen LogP contribution in [0.4, 0.5) is 9.18 Å². The number of aromatic nitrogens is 1. The van der Waals surface area contributed by atoms with Crippen molar-refractivity contribution in [3.05, 3.63) is 54.0 Å². The van der Waals surface area contributed by atoms with Gasteiger partial charge in [0.1, 0.15) is 11.6 Å². The number of halogens is 1. The lowest BCUT2D eigenvalue weighted by molar-refractivity contribution is -0.143. The van der Waals surface area contributed by atoms with Gasteiger partial charge in [0.25, 0.3) is 0 Å². The number of nitrogens with one attached hydrogen (secondary N) is 1. The molecule has 8 heteroatoms. The van der Waals surface area contributed by atoms with E-state index in [0.717, 1.165) is 0 Å². The highest BCUT2D eigenvalue weighted by molar-refractivity contribution is 5.75. The van der Waals surface area contributed by atoms with Gasteiger partial charge in [0.15, 0.2) is 0 Å². The number of likely N-dealkylation sites (tertiary alicyclic amines) is 1. The van der Waals surface area contributed by atoms with E-state index in [9.17, 15) is 14.0 Å². The number of carboxylic acid groups (broad SMARTS) is 1. The van der Waals surface area contributed by atoms with Crippen LogP contribution in [0, 0.1) is 11.7 Å². The van der Waals surface area contributed by atoms with E-state index in [1.165, 1.54) is 18.2 Å². The molecule has 0 atom stereocenters. The van der Waals surface area contributed by atoms with Gasteiger partial charge in [0.05, 0.1) is 5.92 Å². The van der Waals surface area contributed by atoms with Gasteiger partial charge in [0.2, 0.25) is 5.88 Å². The number of ether oxygens (including phenoxy) is 1. The third-order valence-electron chi connectivity index (χ3n) is 4.42. The van der Waals surface area contributed by atoms with Gasteiger partial charge >= 0.3 is 12.0 Å². The minimum Gasteiger partial charge on any atom is -0.481 e. The predicted molar refractivity (Wildman–Crippen MR) is 94.9 cm³/mol. The number of hydrogen-bond donors (Lipinski definition) is 2. The first-order valence-corrected chi connectivity index (χ1v) is 8.66. The number of benzene rings is 1. The fourth-order valence-electron chi connectivity index (χ4n) is 2.90. The number of nitrogens with zero attached hydrogens (tertiary/aromatic N) is 2. The quantitative estimate of drug-likeness (QED) is 0.841. The number of aliphatic carboxylic acids is 1. The maximum Gasteiger partial charge on any atom is 0.317 e. The van der Waals surface area contributed by atoms with Gasteiger partial charge in [-0.05, 0) is 31.0 Å². The second-order valence-corrected chi connectivity index (χ2v) is 6.29. The summed E-state index contributed by atoms with van der Waals surface area (Å²) in [4.78, 5) is 29.1. The summed E-state index contributed by atoms with van der Waals surface area (Å²) in [6.45, 7) is 1.00. The SMILES string of the molecule is O=C(O)C1CCN(C(=O)NCc2cccnc2Oc2cccc(F)c2)CC1. The molecule has 2 N–H and O–H groups in total. The van der Waals surface area contributed by atoms with Crippen LogP contribution in [-0.2, 0) is 11.3 Å². The maximum absolute atomic E-state index is 13.3. The third-order valence-corrected chi connectivity index (χ3v) is 4.42. The summed E-state index contributed by atoms with van der Waals surface area (Å²) in [5.41, 5.74) is 0.649. The number of carbonyl (C=O) groups is 2. The van der Waals surface area contributed by atoms with Gasteiger partial charge in [-0.2, -0.15) is 0 Å². The van der Waals surface area contributed by atoms with Crippen molar-refractivity contribution in [3.8, 4) is 11.6 Å². The average Bonchev–Trinajstić information content (AvgIpc) is 2.67. The first-order chi connectivity index (χ1) is 13.0. The molecular formula is C19H20FN3O4. The molecule has 1 aliphatic rings. The lowest BCUT2D eigenvalue weighted by atomic mass is 9.97. The van der Waals surface area contributed by atoms with Crippen molar-refractivity contribution >= 4 is 12.0 Å². The molecule has 2 heterocycles. The smallest absolute Gasteiger partial charge is 0.317 e. The molecule has 0 bridgehead atoms. The Bertz CT molecular complexity index is 822. The van der Waals surface area contributed by atoms with E-state index >= 15 is 0 Å². The lowest BCUT2D eigenvalue weighted by Gasteiger charge is -2.30. The van der Waals surface area contributed by atoms with Gasteiger partial charge in [-0.25, -0.2) is 14.2 Å². The van der Waals surface area contributed by atoms with E-state index in [2.05, 4.69) is 10.3 Å². The summed E-state index contributed by atoms with van der Waals surface area (Å²) < 4.78 is 18.9. The number of amides is 2. The highest BCUT2D eigenvalue weighted by atomic mass is 19.1. The summed E-state index contributed by atoms with van der Waals surface area (Å²) in [6, 6.07) is 8.95. The van der Waals surface area contributed by atoms with E-state index in [-0.39, 0.29) is 18.5 Å². The Kier molecular flexibility index (Phi) is 5.85.